The molecule has 0 atom stereocenters. The SMILES string of the molecule is Cc1nnc(NC(=O)Nc2cc(C)c(C)c(C(=O)O)c2)s1. The average Bonchev–Trinajstić information content (AvgIpc) is 2.78. The van der Waals surface area contributed by atoms with Gasteiger partial charge in [-0.2, -0.15) is 0 Å². The number of rotatable bonds is 3. The van der Waals surface area contributed by atoms with Crippen molar-refractivity contribution in [3.63, 3.8) is 0 Å². The summed E-state index contributed by atoms with van der Waals surface area (Å²) in [7, 11) is 0. The number of carbonyl (C=O) groups is 2. The third-order valence-corrected chi connectivity index (χ3v) is 3.66. The van der Waals surface area contributed by atoms with Gasteiger partial charge in [0.1, 0.15) is 5.01 Å². The quantitative estimate of drug-likeness (QED) is 0.808. The molecule has 0 radical (unpaired) electrons. The third-order valence-electron chi connectivity index (χ3n) is 2.90. The van der Waals surface area contributed by atoms with E-state index in [1.54, 1.807) is 26.8 Å². The number of nitrogens with one attached hydrogen (secondary N) is 2. The van der Waals surface area contributed by atoms with E-state index in [2.05, 4.69) is 20.8 Å². The Labute approximate surface area is 125 Å². The number of nitrogens with zero attached hydrogens (tertiary/aromatic N) is 2. The Bertz CT molecular complexity index is 711. The molecule has 8 heteroatoms. The molecular formula is C13H14N4O3S. The molecular weight excluding hydrogens is 292 g/mol. The van der Waals surface area contributed by atoms with Crippen molar-refractivity contribution in [3.05, 3.63) is 33.8 Å². The molecule has 0 aliphatic rings. The molecule has 0 saturated heterocycles. The highest BCUT2D eigenvalue weighted by atomic mass is 32.1. The fourth-order valence-electron chi connectivity index (χ4n) is 1.76. The molecule has 7 nitrogen and oxygen atoms in total. The van der Waals surface area contributed by atoms with Crippen LogP contribution in [0.25, 0.3) is 0 Å². The van der Waals surface area contributed by atoms with Crippen LogP contribution in [-0.4, -0.2) is 27.3 Å². The summed E-state index contributed by atoms with van der Waals surface area (Å²) in [5, 5.41) is 23.0. The molecule has 0 aliphatic carbocycles. The molecule has 1 heterocycles. The molecule has 110 valence electrons. The minimum absolute atomic E-state index is 0.164. The lowest BCUT2D eigenvalue weighted by Crippen LogP contribution is -2.20. The summed E-state index contributed by atoms with van der Waals surface area (Å²) >= 11 is 1.25. The topological polar surface area (TPSA) is 104 Å². The number of aryl methyl sites for hydroxylation is 2. The highest BCUT2D eigenvalue weighted by molar-refractivity contribution is 7.15. The summed E-state index contributed by atoms with van der Waals surface area (Å²) in [4.78, 5) is 23.0. The highest BCUT2D eigenvalue weighted by Gasteiger charge is 2.13. The van der Waals surface area contributed by atoms with Crippen molar-refractivity contribution in [2.24, 2.45) is 0 Å². The van der Waals surface area contributed by atoms with Crippen LogP contribution in [-0.2, 0) is 0 Å². The van der Waals surface area contributed by atoms with E-state index in [0.29, 0.717) is 16.4 Å². The van der Waals surface area contributed by atoms with Crippen molar-refractivity contribution in [1.82, 2.24) is 10.2 Å². The number of aromatic carboxylic acids is 1. The second kappa shape index (κ2) is 5.88. The molecule has 0 unspecified atom stereocenters. The molecule has 0 bridgehead atoms. The fraction of sp³-hybridized carbons (Fsp3) is 0.231. The largest absolute Gasteiger partial charge is 0.478 e. The van der Waals surface area contributed by atoms with Gasteiger partial charge in [0, 0.05) is 5.69 Å². The highest BCUT2D eigenvalue weighted by Crippen LogP contribution is 2.20. The van der Waals surface area contributed by atoms with Gasteiger partial charge in [-0.1, -0.05) is 11.3 Å². The van der Waals surface area contributed by atoms with Crippen LogP contribution >= 0.6 is 11.3 Å². The Morgan fingerprint density at radius 3 is 2.43 bits per heavy atom. The first-order chi connectivity index (χ1) is 9.86. The Morgan fingerprint density at radius 2 is 1.86 bits per heavy atom. The summed E-state index contributed by atoms with van der Waals surface area (Å²) in [6.45, 7) is 5.30. The van der Waals surface area contributed by atoms with E-state index in [1.807, 2.05) is 0 Å². The summed E-state index contributed by atoms with van der Waals surface area (Å²) in [6, 6.07) is 2.65. The molecule has 2 aromatic rings. The fourth-order valence-corrected chi connectivity index (χ4v) is 2.35. The van der Waals surface area contributed by atoms with E-state index in [0.717, 1.165) is 10.6 Å². The van der Waals surface area contributed by atoms with Gasteiger partial charge < -0.3 is 10.4 Å². The van der Waals surface area contributed by atoms with Crippen molar-refractivity contribution in [2.75, 3.05) is 10.6 Å². The summed E-state index contributed by atoms with van der Waals surface area (Å²) in [6.07, 6.45) is 0. The lowest BCUT2D eigenvalue weighted by atomic mass is 10.0. The summed E-state index contributed by atoms with van der Waals surface area (Å²) in [5.74, 6) is -1.03. The first-order valence-electron chi connectivity index (χ1n) is 6.09. The first-order valence-corrected chi connectivity index (χ1v) is 6.91. The van der Waals surface area contributed by atoms with E-state index < -0.39 is 12.0 Å². The molecule has 0 fully saturated rings. The Balaban J connectivity index is 2.15. The predicted octanol–water partition coefficient (Wildman–Crippen LogP) is 2.81. The molecule has 3 N–H and O–H groups in total. The van der Waals surface area contributed by atoms with E-state index in [-0.39, 0.29) is 5.56 Å². The minimum atomic E-state index is -1.03. The van der Waals surface area contributed by atoms with Gasteiger partial charge in [-0.05, 0) is 44.0 Å². The predicted molar refractivity (Wildman–Crippen MR) is 80.2 cm³/mol. The van der Waals surface area contributed by atoms with Crippen LogP contribution in [0.1, 0.15) is 26.5 Å². The number of carbonyl (C=O) groups excluding carboxylic acids is 1. The zero-order valence-corrected chi connectivity index (χ0v) is 12.5. The van der Waals surface area contributed by atoms with Crippen molar-refractivity contribution in [1.29, 1.82) is 0 Å². The molecule has 1 aromatic carbocycles. The number of hydrogen-bond donors (Lipinski definition) is 3. The van der Waals surface area contributed by atoms with Crippen LogP contribution < -0.4 is 10.6 Å². The molecule has 0 aliphatic heterocycles. The number of hydrogen-bond acceptors (Lipinski definition) is 5. The number of amides is 2. The normalized spacial score (nSPS) is 10.2. The Kier molecular flexibility index (Phi) is 4.18. The summed E-state index contributed by atoms with van der Waals surface area (Å²) < 4.78 is 0. The lowest BCUT2D eigenvalue weighted by molar-refractivity contribution is 0.0696. The van der Waals surface area contributed by atoms with Crippen molar-refractivity contribution in [3.8, 4) is 0 Å². The maximum atomic E-state index is 11.8. The zero-order valence-electron chi connectivity index (χ0n) is 11.7. The van der Waals surface area contributed by atoms with Crippen LogP contribution in [0.2, 0.25) is 0 Å². The number of carboxylic acid groups (broad SMARTS) is 1. The standard InChI is InChI=1S/C13H14N4O3S/c1-6-4-9(5-10(7(6)2)11(18)19)14-12(20)15-13-17-16-8(3)21-13/h4-5H,1-3H3,(H,18,19)(H2,14,15,17,20). The van der Waals surface area contributed by atoms with E-state index in [1.165, 1.54) is 17.4 Å². The van der Waals surface area contributed by atoms with Crippen molar-refractivity contribution >= 4 is 34.2 Å². The zero-order chi connectivity index (χ0) is 15.6. The van der Waals surface area contributed by atoms with Crippen LogP contribution in [0.4, 0.5) is 15.6 Å². The molecule has 2 rings (SSSR count). The minimum Gasteiger partial charge on any atom is -0.478 e. The van der Waals surface area contributed by atoms with Crippen molar-refractivity contribution in [2.45, 2.75) is 20.8 Å². The van der Waals surface area contributed by atoms with Gasteiger partial charge in [0.15, 0.2) is 0 Å². The number of carboxylic acids is 1. The molecule has 1 aromatic heterocycles. The van der Waals surface area contributed by atoms with Crippen LogP contribution in [0.3, 0.4) is 0 Å². The number of urea groups is 1. The second-order valence-corrected chi connectivity index (χ2v) is 5.66. The van der Waals surface area contributed by atoms with Gasteiger partial charge in [0.2, 0.25) is 5.13 Å². The van der Waals surface area contributed by atoms with E-state index in [9.17, 15) is 9.59 Å². The molecule has 0 spiro atoms. The van der Waals surface area contributed by atoms with Gasteiger partial charge in [-0.3, -0.25) is 5.32 Å². The summed E-state index contributed by atoms with van der Waals surface area (Å²) in [5.41, 5.74) is 2.04. The first kappa shape index (κ1) is 14.9. The second-order valence-electron chi connectivity index (χ2n) is 4.48. The Morgan fingerprint density at radius 1 is 1.14 bits per heavy atom. The smallest absolute Gasteiger partial charge is 0.336 e. The van der Waals surface area contributed by atoms with Crippen LogP contribution in [0.5, 0.6) is 0 Å². The lowest BCUT2D eigenvalue weighted by Gasteiger charge is -2.10. The molecule has 21 heavy (non-hydrogen) atoms. The monoisotopic (exact) mass is 306 g/mol. The molecule has 2 amide bonds. The molecule has 0 saturated carbocycles. The third kappa shape index (κ3) is 3.54. The number of aromatic nitrogens is 2. The number of benzene rings is 1. The van der Waals surface area contributed by atoms with Gasteiger partial charge in [0.25, 0.3) is 0 Å². The average molecular weight is 306 g/mol. The van der Waals surface area contributed by atoms with Gasteiger partial charge in [-0.25, -0.2) is 9.59 Å². The Hall–Kier alpha value is -2.48. The maximum absolute atomic E-state index is 11.8. The van der Waals surface area contributed by atoms with Crippen molar-refractivity contribution < 1.29 is 14.7 Å². The number of anilines is 2. The van der Waals surface area contributed by atoms with Gasteiger partial charge in [0.05, 0.1) is 5.56 Å². The maximum Gasteiger partial charge on any atom is 0.336 e. The van der Waals surface area contributed by atoms with Gasteiger partial charge in [-0.15, -0.1) is 10.2 Å². The van der Waals surface area contributed by atoms with E-state index >= 15 is 0 Å². The van der Waals surface area contributed by atoms with Crippen LogP contribution in [0.15, 0.2) is 12.1 Å². The van der Waals surface area contributed by atoms with Crippen LogP contribution in [0, 0.1) is 20.8 Å². The van der Waals surface area contributed by atoms with E-state index in [4.69, 9.17) is 5.11 Å². The van der Waals surface area contributed by atoms with Gasteiger partial charge >= 0.3 is 12.0 Å².